The molecule has 7 nitrogen and oxygen atoms in total. The van der Waals surface area contributed by atoms with Gasteiger partial charge in [-0.05, 0) is 49.2 Å². The van der Waals surface area contributed by atoms with Gasteiger partial charge in [-0.3, -0.25) is 13.9 Å². The summed E-state index contributed by atoms with van der Waals surface area (Å²) in [4.78, 5) is 26.7. The Morgan fingerprint density at radius 1 is 1.16 bits per heavy atom. The minimum Gasteiger partial charge on any atom is -0.357 e. The maximum absolute atomic E-state index is 13.3. The second kappa shape index (κ2) is 10.1. The van der Waals surface area contributed by atoms with E-state index in [2.05, 4.69) is 5.32 Å². The molecule has 1 N–H and O–H groups in total. The molecule has 0 aliphatic carbocycles. The number of rotatable bonds is 8. The highest BCUT2D eigenvalue weighted by Crippen LogP contribution is 2.26. The molecule has 0 radical (unpaired) electrons. The molecule has 10 heteroatoms. The highest BCUT2D eigenvalue weighted by atomic mass is 35.5. The standard InChI is InChI=1S/C21H25ClFN3O4S/c1-14-5-8-17(22)11-19(14)26(31(4,29)30)13-20(27)25(15(2)21(28)24-3)12-16-6-9-18(23)10-7-16/h5-11,15H,12-13H2,1-4H3,(H,24,28). The van der Waals surface area contributed by atoms with E-state index in [1.54, 1.807) is 19.1 Å². The maximum atomic E-state index is 13.3. The number of sulfonamides is 1. The van der Waals surface area contributed by atoms with E-state index in [9.17, 15) is 22.4 Å². The third-order valence-corrected chi connectivity index (χ3v) is 6.16. The summed E-state index contributed by atoms with van der Waals surface area (Å²) in [6.07, 6.45) is 0.993. The highest BCUT2D eigenvalue weighted by molar-refractivity contribution is 7.92. The number of amides is 2. The van der Waals surface area contributed by atoms with Gasteiger partial charge in [0.15, 0.2) is 0 Å². The summed E-state index contributed by atoms with van der Waals surface area (Å²) < 4.78 is 39.2. The van der Waals surface area contributed by atoms with Gasteiger partial charge in [-0.2, -0.15) is 0 Å². The van der Waals surface area contributed by atoms with Crippen molar-refractivity contribution in [3.8, 4) is 0 Å². The lowest BCUT2D eigenvalue weighted by atomic mass is 10.1. The molecule has 0 saturated heterocycles. The van der Waals surface area contributed by atoms with Crippen molar-refractivity contribution < 1.29 is 22.4 Å². The van der Waals surface area contributed by atoms with Gasteiger partial charge in [0.25, 0.3) is 0 Å². The van der Waals surface area contributed by atoms with Crippen LogP contribution in [0.5, 0.6) is 0 Å². The molecular weight excluding hydrogens is 445 g/mol. The Balaban J connectivity index is 2.42. The summed E-state index contributed by atoms with van der Waals surface area (Å²) in [5.74, 6) is -1.44. The fourth-order valence-electron chi connectivity index (χ4n) is 3.02. The third kappa shape index (κ3) is 6.41. The predicted molar refractivity (Wildman–Crippen MR) is 119 cm³/mol. The smallest absolute Gasteiger partial charge is 0.244 e. The van der Waals surface area contributed by atoms with Gasteiger partial charge in [-0.1, -0.05) is 29.8 Å². The lowest BCUT2D eigenvalue weighted by Gasteiger charge is -2.31. The predicted octanol–water partition coefficient (Wildman–Crippen LogP) is 2.72. The summed E-state index contributed by atoms with van der Waals surface area (Å²) in [6, 6.07) is 9.37. The molecule has 2 aromatic rings. The minimum atomic E-state index is -3.84. The second-order valence-electron chi connectivity index (χ2n) is 7.14. The highest BCUT2D eigenvalue weighted by Gasteiger charge is 2.30. The molecule has 168 valence electrons. The zero-order chi connectivity index (χ0) is 23.3. The first-order valence-corrected chi connectivity index (χ1v) is 11.7. The monoisotopic (exact) mass is 469 g/mol. The number of nitrogens with zero attached hydrogens (tertiary/aromatic N) is 2. The Hall–Kier alpha value is -2.65. The lowest BCUT2D eigenvalue weighted by Crippen LogP contribution is -2.50. The maximum Gasteiger partial charge on any atom is 0.244 e. The van der Waals surface area contributed by atoms with Crippen LogP contribution in [-0.4, -0.2) is 51.0 Å². The molecule has 31 heavy (non-hydrogen) atoms. The van der Waals surface area contributed by atoms with Gasteiger partial charge in [0, 0.05) is 18.6 Å². The summed E-state index contributed by atoms with van der Waals surface area (Å²) >= 11 is 6.04. The molecule has 0 saturated carbocycles. The first-order chi connectivity index (χ1) is 14.4. The molecule has 0 heterocycles. The van der Waals surface area contributed by atoms with Crippen LogP contribution in [0.4, 0.5) is 10.1 Å². The number of hydrogen-bond acceptors (Lipinski definition) is 4. The average Bonchev–Trinajstić information content (AvgIpc) is 2.71. The van der Waals surface area contributed by atoms with Crippen LogP contribution < -0.4 is 9.62 Å². The van der Waals surface area contributed by atoms with Crippen molar-refractivity contribution in [2.45, 2.75) is 26.4 Å². The summed E-state index contributed by atoms with van der Waals surface area (Å²) in [7, 11) is -2.40. The number of likely N-dealkylation sites (N-methyl/N-ethyl adjacent to an activating group) is 1. The van der Waals surface area contributed by atoms with Crippen molar-refractivity contribution >= 4 is 39.1 Å². The van der Waals surface area contributed by atoms with Gasteiger partial charge in [-0.25, -0.2) is 12.8 Å². The molecule has 0 aliphatic rings. The topological polar surface area (TPSA) is 86.8 Å². The lowest BCUT2D eigenvalue weighted by molar-refractivity contribution is -0.139. The molecule has 0 spiro atoms. The first kappa shape index (κ1) is 24.6. The van der Waals surface area contributed by atoms with E-state index in [4.69, 9.17) is 11.6 Å². The Bertz CT molecular complexity index is 1060. The van der Waals surface area contributed by atoms with Crippen LogP contribution in [0, 0.1) is 12.7 Å². The van der Waals surface area contributed by atoms with Crippen LogP contribution in [0.15, 0.2) is 42.5 Å². The van der Waals surface area contributed by atoms with E-state index in [0.29, 0.717) is 16.1 Å². The zero-order valence-corrected chi connectivity index (χ0v) is 19.3. The van der Waals surface area contributed by atoms with Crippen LogP contribution >= 0.6 is 11.6 Å². The Morgan fingerprint density at radius 3 is 2.32 bits per heavy atom. The molecule has 1 unspecified atom stereocenters. The molecule has 1 atom stereocenters. The van der Waals surface area contributed by atoms with E-state index in [1.165, 1.54) is 49.2 Å². The van der Waals surface area contributed by atoms with Crippen LogP contribution in [0.2, 0.25) is 5.02 Å². The number of halogens is 2. The van der Waals surface area contributed by atoms with Crippen molar-refractivity contribution in [2.24, 2.45) is 0 Å². The molecular formula is C21H25ClFN3O4S. The summed E-state index contributed by atoms with van der Waals surface area (Å²) in [5.41, 5.74) is 1.49. The fourth-order valence-corrected chi connectivity index (χ4v) is 4.09. The van der Waals surface area contributed by atoms with Crippen LogP contribution in [-0.2, 0) is 26.2 Å². The van der Waals surface area contributed by atoms with Crippen molar-refractivity contribution in [2.75, 3.05) is 24.2 Å². The number of carbonyl (C=O) groups is 2. The van der Waals surface area contributed by atoms with E-state index >= 15 is 0 Å². The number of benzene rings is 2. The van der Waals surface area contributed by atoms with Crippen molar-refractivity contribution in [1.82, 2.24) is 10.2 Å². The van der Waals surface area contributed by atoms with E-state index in [0.717, 1.165) is 10.6 Å². The molecule has 0 aromatic heterocycles. The quantitative estimate of drug-likeness (QED) is 0.644. The van der Waals surface area contributed by atoms with Gasteiger partial charge >= 0.3 is 0 Å². The van der Waals surface area contributed by atoms with Crippen molar-refractivity contribution in [1.29, 1.82) is 0 Å². The molecule has 2 rings (SSSR count). The van der Waals surface area contributed by atoms with E-state index in [-0.39, 0.29) is 12.2 Å². The largest absolute Gasteiger partial charge is 0.357 e. The molecule has 0 aliphatic heterocycles. The number of hydrogen-bond donors (Lipinski definition) is 1. The minimum absolute atomic E-state index is 0.000169. The normalized spacial score (nSPS) is 12.2. The Kier molecular flexibility index (Phi) is 8.02. The summed E-state index contributed by atoms with van der Waals surface area (Å²) in [5, 5.41) is 2.81. The fraction of sp³-hybridized carbons (Fsp3) is 0.333. The van der Waals surface area contributed by atoms with Crippen molar-refractivity contribution in [3.05, 3.63) is 64.4 Å². The second-order valence-corrected chi connectivity index (χ2v) is 9.48. The van der Waals surface area contributed by atoms with Crippen LogP contribution in [0.3, 0.4) is 0 Å². The van der Waals surface area contributed by atoms with Crippen LogP contribution in [0.25, 0.3) is 0 Å². The molecule has 0 bridgehead atoms. The third-order valence-electron chi connectivity index (χ3n) is 4.80. The molecule has 0 fully saturated rings. The summed E-state index contributed by atoms with van der Waals surface area (Å²) in [6.45, 7) is 2.72. The number of nitrogens with one attached hydrogen (secondary N) is 1. The molecule has 2 aromatic carbocycles. The number of anilines is 1. The van der Waals surface area contributed by atoms with Gasteiger partial charge in [0.2, 0.25) is 21.8 Å². The SMILES string of the molecule is CNC(=O)C(C)N(Cc1ccc(F)cc1)C(=O)CN(c1cc(Cl)ccc1C)S(C)(=O)=O. The van der Waals surface area contributed by atoms with E-state index in [1.807, 2.05) is 0 Å². The number of aryl methyl sites for hydroxylation is 1. The Labute approximate surface area is 186 Å². The Morgan fingerprint density at radius 2 is 1.77 bits per heavy atom. The average molecular weight is 470 g/mol. The van der Waals surface area contributed by atoms with Crippen molar-refractivity contribution in [3.63, 3.8) is 0 Å². The van der Waals surface area contributed by atoms with E-state index < -0.39 is 40.2 Å². The van der Waals surface area contributed by atoms with Gasteiger partial charge in [0.1, 0.15) is 18.4 Å². The first-order valence-electron chi connectivity index (χ1n) is 9.43. The van der Waals surface area contributed by atoms with Gasteiger partial charge in [-0.15, -0.1) is 0 Å². The molecule has 2 amide bonds. The zero-order valence-electron chi connectivity index (χ0n) is 17.7. The van der Waals surface area contributed by atoms with Crippen LogP contribution in [0.1, 0.15) is 18.1 Å². The van der Waals surface area contributed by atoms with Gasteiger partial charge < -0.3 is 10.2 Å². The number of carbonyl (C=O) groups excluding carboxylic acids is 2. The van der Waals surface area contributed by atoms with Gasteiger partial charge in [0.05, 0.1) is 11.9 Å².